The fourth-order valence-corrected chi connectivity index (χ4v) is 1.39. The summed E-state index contributed by atoms with van der Waals surface area (Å²) in [7, 11) is 0. The van der Waals surface area contributed by atoms with Crippen LogP contribution in [-0.4, -0.2) is 16.4 Å². The topological polar surface area (TPSA) is 76.6 Å². The lowest BCUT2D eigenvalue weighted by molar-refractivity contribution is 0.403. The van der Waals surface area contributed by atoms with E-state index < -0.39 is 0 Å². The van der Waals surface area contributed by atoms with Gasteiger partial charge in [0.2, 0.25) is 0 Å². The highest BCUT2D eigenvalue weighted by atomic mass is 16.3. The third kappa shape index (κ3) is 2.66. The number of nitriles is 1. The summed E-state index contributed by atoms with van der Waals surface area (Å²) in [5.41, 5.74) is 1.97. The molecule has 0 saturated heterocycles. The largest absolute Gasteiger partial charge is 0.504 e. The number of phenols is 2. The van der Waals surface area contributed by atoms with Crippen LogP contribution in [0.25, 0.3) is 0 Å². The van der Waals surface area contributed by atoms with E-state index >= 15 is 0 Å². The zero-order valence-electron chi connectivity index (χ0n) is 9.41. The molecule has 0 aliphatic heterocycles. The van der Waals surface area contributed by atoms with Crippen molar-refractivity contribution in [3.8, 4) is 17.6 Å². The molecule has 4 heteroatoms. The van der Waals surface area contributed by atoms with Crippen molar-refractivity contribution >= 4 is 11.9 Å². The summed E-state index contributed by atoms with van der Waals surface area (Å²) in [5.74, 6) is -0.343. The summed E-state index contributed by atoms with van der Waals surface area (Å²) in [4.78, 5) is 4.20. The lowest BCUT2D eigenvalue weighted by atomic mass is 10.2. The van der Waals surface area contributed by atoms with Crippen LogP contribution in [-0.2, 0) is 0 Å². The van der Waals surface area contributed by atoms with Crippen LogP contribution >= 0.6 is 0 Å². The Labute approximate surface area is 104 Å². The van der Waals surface area contributed by atoms with E-state index in [1.165, 1.54) is 12.1 Å². The Bertz CT molecular complexity index is 625. The maximum atomic E-state index is 9.32. The minimum Gasteiger partial charge on any atom is -0.504 e. The van der Waals surface area contributed by atoms with E-state index in [-0.39, 0.29) is 11.5 Å². The fourth-order valence-electron chi connectivity index (χ4n) is 1.39. The third-order valence-corrected chi connectivity index (χ3v) is 2.36. The van der Waals surface area contributed by atoms with Gasteiger partial charge in [0, 0.05) is 6.21 Å². The Morgan fingerprint density at radius 2 is 1.72 bits per heavy atom. The maximum Gasteiger partial charge on any atom is 0.158 e. The maximum absolute atomic E-state index is 9.32. The van der Waals surface area contributed by atoms with Crippen LogP contribution in [0.4, 0.5) is 5.69 Å². The molecule has 18 heavy (non-hydrogen) atoms. The number of phenolic OH excluding ortho intramolecular Hbond substituents is 2. The van der Waals surface area contributed by atoms with Crippen LogP contribution < -0.4 is 0 Å². The van der Waals surface area contributed by atoms with Gasteiger partial charge in [0.1, 0.15) is 0 Å². The van der Waals surface area contributed by atoms with E-state index in [0.717, 1.165) is 0 Å². The molecule has 0 atom stereocenters. The predicted octanol–water partition coefficient (Wildman–Crippen LogP) is 2.72. The molecule has 0 radical (unpaired) electrons. The molecule has 88 valence electrons. The Balaban J connectivity index is 2.19. The quantitative estimate of drug-likeness (QED) is 0.623. The predicted molar refractivity (Wildman–Crippen MR) is 68.2 cm³/mol. The van der Waals surface area contributed by atoms with Crippen molar-refractivity contribution in [2.24, 2.45) is 4.99 Å². The van der Waals surface area contributed by atoms with Gasteiger partial charge in [-0.3, -0.25) is 4.99 Å². The molecule has 0 saturated carbocycles. The van der Waals surface area contributed by atoms with Crippen LogP contribution in [0.15, 0.2) is 47.5 Å². The van der Waals surface area contributed by atoms with Crippen LogP contribution in [0.2, 0.25) is 0 Å². The number of benzene rings is 2. The zero-order valence-corrected chi connectivity index (χ0v) is 9.41. The summed E-state index contributed by atoms with van der Waals surface area (Å²) < 4.78 is 0. The molecule has 0 aromatic heterocycles. The second-order valence-electron chi connectivity index (χ2n) is 3.67. The monoisotopic (exact) mass is 238 g/mol. The molecule has 2 aromatic carbocycles. The number of aromatic hydroxyl groups is 2. The highest BCUT2D eigenvalue weighted by Crippen LogP contribution is 2.24. The summed E-state index contributed by atoms with van der Waals surface area (Å²) in [6, 6.07) is 13.3. The van der Waals surface area contributed by atoms with E-state index in [1.807, 2.05) is 6.07 Å². The van der Waals surface area contributed by atoms with E-state index in [0.29, 0.717) is 16.8 Å². The lowest BCUT2D eigenvalue weighted by Crippen LogP contribution is -1.80. The lowest BCUT2D eigenvalue weighted by Gasteiger charge is -1.98. The van der Waals surface area contributed by atoms with Gasteiger partial charge in [-0.2, -0.15) is 5.26 Å². The second-order valence-corrected chi connectivity index (χ2v) is 3.67. The normalized spacial score (nSPS) is 10.4. The summed E-state index contributed by atoms with van der Waals surface area (Å²) in [5, 5.41) is 27.1. The van der Waals surface area contributed by atoms with Crippen molar-refractivity contribution in [2.75, 3.05) is 0 Å². The van der Waals surface area contributed by atoms with Crippen LogP contribution in [0, 0.1) is 11.3 Å². The number of hydrogen-bond donors (Lipinski definition) is 2. The first-order valence-electron chi connectivity index (χ1n) is 5.25. The first-order valence-corrected chi connectivity index (χ1v) is 5.25. The standard InChI is InChI=1S/C14H10N2O2/c15-8-10-1-4-12(5-2-10)16-9-11-3-6-13(17)14(18)7-11/h1-7,9,17-18H. The van der Waals surface area contributed by atoms with Gasteiger partial charge >= 0.3 is 0 Å². The van der Waals surface area contributed by atoms with Gasteiger partial charge in [-0.1, -0.05) is 0 Å². The molecular formula is C14H10N2O2. The number of rotatable bonds is 2. The van der Waals surface area contributed by atoms with Crippen molar-refractivity contribution in [2.45, 2.75) is 0 Å². The molecule has 4 nitrogen and oxygen atoms in total. The molecule has 0 fully saturated rings. The van der Waals surface area contributed by atoms with Crippen molar-refractivity contribution in [1.82, 2.24) is 0 Å². The average molecular weight is 238 g/mol. The molecule has 2 N–H and O–H groups in total. The minimum atomic E-state index is -0.182. The van der Waals surface area contributed by atoms with E-state index in [1.54, 1.807) is 36.5 Å². The first-order chi connectivity index (χ1) is 8.69. The SMILES string of the molecule is N#Cc1ccc(N=Cc2ccc(O)c(O)c2)cc1. The average Bonchev–Trinajstić information content (AvgIpc) is 2.41. The zero-order chi connectivity index (χ0) is 13.0. The van der Waals surface area contributed by atoms with Gasteiger partial charge in [0.25, 0.3) is 0 Å². The van der Waals surface area contributed by atoms with Gasteiger partial charge in [0.05, 0.1) is 17.3 Å². The Morgan fingerprint density at radius 3 is 2.33 bits per heavy atom. The van der Waals surface area contributed by atoms with Gasteiger partial charge in [-0.05, 0) is 48.0 Å². The Hall–Kier alpha value is -2.80. The summed E-state index contributed by atoms with van der Waals surface area (Å²) in [6.07, 6.45) is 1.57. The first kappa shape index (κ1) is 11.7. The van der Waals surface area contributed by atoms with E-state index in [9.17, 15) is 5.11 Å². The van der Waals surface area contributed by atoms with Crippen molar-refractivity contribution in [3.63, 3.8) is 0 Å². The van der Waals surface area contributed by atoms with Gasteiger partial charge < -0.3 is 10.2 Å². The molecule has 0 spiro atoms. The van der Waals surface area contributed by atoms with Crippen LogP contribution in [0.5, 0.6) is 11.5 Å². The molecular weight excluding hydrogens is 228 g/mol. The molecule has 2 aromatic rings. The Kier molecular flexibility index (Phi) is 3.26. The Morgan fingerprint density at radius 1 is 1.00 bits per heavy atom. The highest BCUT2D eigenvalue weighted by molar-refractivity contribution is 5.83. The molecule has 0 aliphatic carbocycles. The molecule has 0 amide bonds. The summed E-state index contributed by atoms with van der Waals surface area (Å²) >= 11 is 0. The minimum absolute atomic E-state index is 0.162. The fraction of sp³-hybridized carbons (Fsp3) is 0. The smallest absolute Gasteiger partial charge is 0.158 e. The molecule has 2 rings (SSSR count). The second kappa shape index (κ2) is 5.02. The van der Waals surface area contributed by atoms with Crippen molar-refractivity contribution < 1.29 is 10.2 Å². The van der Waals surface area contributed by atoms with E-state index in [4.69, 9.17) is 10.4 Å². The highest BCUT2D eigenvalue weighted by Gasteiger charge is 1.98. The van der Waals surface area contributed by atoms with Crippen molar-refractivity contribution in [1.29, 1.82) is 5.26 Å². The van der Waals surface area contributed by atoms with Gasteiger partial charge in [-0.25, -0.2) is 0 Å². The van der Waals surface area contributed by atoms with Crippen molar-refractivity contribution in [3.05, 3.63) is 53.6 Å². The summed E-state index contributed by atoms with van der Waals surface area (Å²) in [6.45, 7) is 0. The molecule has 0 bridgehead atoms. The van der Waals surface area contributed by atoms with Crippen LogP contribution in [0.1, 0.15) is 11.1 Å². The molecule has 0 unspecified atom stereocenters. The van der Waals surface area contributed by atoms with Gasteiger partial charge in [0.15, 0.2) is 11.5 Å². The van der Waals surface area contributed by atoms with E-state index in [2.05, 4.69) is 4.99 Å². The number of hydrogen-bond acceptors (Lipinski definition) is 4. The van der Waals surface area contributed by atoms with Crippen LogP contribution in [0.3, 0.4) is 0 Å². The third-order valence-electron chi connectivity index (χ3n) is 2.36. The molecule has 0 aliphatic rings. The number of aliphatic imine (C=N–C) groups is 1. The number of nitrogens with zero attached hydrogens (tertiary/aromatic N) is 2. The van der Waals surface area contributed by atoms with Gasteiger partial charge in [-0.15, -0.1) is 0 Å². The molecule has 0 heterocycles.